The lowest BCUT2D eigenvalue weighted by Crippen LogP contribution is -2.33. The number of aromatic nitrogens is 1. The van der Waals surface area contributed by atoms with E-state index in [0.29, 0.717) is 6.04 Å². The molecule has 1 aliphatic carbocycles. The van der Waals surface area contributed by atoms with E-state index < -0.39 is 0 Å². The molecule has 4 atom stereocenters. The van der Waals surface area contributed by atoms with Gasteiger partial charge in [0, 0.05) is 5.38 Å². The molecule has 1 aliphatic rings. The fraction of sp³-hybridized carbons (Fsp3) is 0.800. The number of nitrogens with one attached hydrogen (secondary N) is 1. The van der Waals surface area contributed by atoms with Gasteiger partial charge in [-0.15, -0.1) is 11.3 Å². The SMILES string of the molecule is CCNC(c1csc(C)n1)C1CCC(C)C(C)C1. The predicted molar refractivity (Wildman–Crippen MR) is 78.9 cm³/mol. The van der Waals surface area contributed by atoms with Crippen molar-refractivity contribution in [3.63, 3.8) is 0 Å². The van der Waals surface area contributed by atoms with Gasteiger partial charge in [0.2, 0.25) is 0 Å². The molecular formula is C15H26N2S. The third-order valence-electron chi connectivity index (χ3n) is 4.49. The predicted octanol–water partition coefficient (Wildman–Crippen LogP) is 4.17. The second-order valence-corrected chi connectivity index (χ2v) is 6.92. The number of thiazole rings is 1. The molecule has 0 radical (unpaired) electrons. The van der Waals surface area contributed by atoms with Crippen LogP contribution in [0, 0.1) is 24.7 Å². The second-order valence-electron chi connectivity index (χ2n) is 5.85. The lowest BCUT2D eigenvalue weighted by Gasteiger charge is -2.36. The van der Waals surface area contributed by atoms with Crippen molar-refractivity contribution in [3.8, 4) is 0 Å². The minimum Gasteiger partial charge on any atom is -0.309 e. The molecule has 1 saturated carbocycles. The first-order valence-electron chi connectivity index (χ1n) is 7.27. The van der Waals surface area contributed by atoms with Crippen LogP contribution in [0.2, 0.25) is 0 Å². The first-order chi connectivity index (χ1) is 8.61. The zero-order chi connectivity index (χ0) is 13.1. The molecule has 0 aliphatic heterocycles. The van der Waals surface area contributed by atoms with Crippen LogP contribution in [0.25, 0.3) is 0 Å². The quantitative estimate of drug-likeness (QED) is 0.884. The molecule has 3 heteroatoms. The Bertz CT molecular complexity index is 374. The highest BCUT2D eigenvalue weighted by Gasteiger charge is 2.31. The van der Waals surface area contributed by atoms with Crippen LogP contribution in [-0.2, 0) is 0 Å². The van der Waals surface area contributed by atoms with Crippen molar-refractivity contribution in [2.24, 2.45) is 17.8 Å². The average Bonchev–Trinajstić information content (AvgIpc) is 2.76. The molecule has 0 saturated heterocycles. The molecule has 18 heavy (non-hydrogen) atoms. The van der Waals surface area contributed by atoms with E-state index in [1.807, 2.05) is 0 Å². The van der Waals surface area contributed by atoms with Crippen LogP contribution in [0.5, 0.6) is 0 Å². The Balaban J connectivity index is 2.10. The zero-order valence-electron chi connectivity index (χ0n) is 12.1. The van der Waals surface area contributed by atoms with Gasteiger partial charge >= 0.3 is 0 Å². The summed E-state index contributed by atoms with van der Waals surface area (Å²) in [6.45, 7) is 10.1. The van der Waals surface area contributed by atoms with E-state index in [1.54, 1.807) is 11.3 Å². The molecule has 2 rings (SSSR count). The molecule has 1 aromatic heterocycles. The van der Waals surface area contributed by atoms with E-state index in [0.717, 1.165) is 24.3 Å². The van der Waals surface area contributed by atoms with Crippen molar-refractivity contribution in [3.05, 3.63) is 16.1 Å². The molecule has 102 valence electrons. The van der Waals surface area contributed by atoms with E-state index in [2.05, 4.69) is 38.4 Å². The largest absolute Gasteiger partial charge is 0.309 e. The van der Waals surface area contributed by atoms with Gasteiger partial charge in [-0.3, -0.25) is 0 Å². The summed E-state index contributed by atoms with van der Waals surface area (Å²) in [5.74, 6) is 2.50. The van der Waals surface area contributed by atoms with Gasteiger partial charge in [0.15, 0.2) is 0 Å². The second kappa shape index (κ2) is 6.16. The van der Waals surface area contributed by atoms with Crippen LogP contribution in [-0.4, -0.2) is 11.5 Å². The normalized spacial score (nSPS) is 30.3. The topological polar surface area (TPSA) is 24.9 Å². The molecule has 4 unspecified atom stereocenters. The number of hydrogen-bond acceptors (Lipinski definition) is 3. The van der Waals surface area contributed by atoms with Gasteiger partial charge in [-0.1, -0.05) is 27.2 Å². The lowest BCUT2D eigenvalue weighted by atomic mass is 9.73. The van der Waals surface area contributed by atoms with Crippen molar-refractivity contribution in [1.82, 2.24) is 10.3 Å². The van der Waals surface area contributed by atoms with Gasteiger partial charge < -0.3 is 5.32 Å². The average molecular weight is 266 g/mol. The molecule has 1 aromatic rings. The van der Waals surface area contributed by atoms with Crippen LogP contribution in [0.3, 0.4) is 0 Å². The van der Waals surface area contributed by atoms with E-state index in [4.69, 9.17) is 4.98 Å². The molecule has 1 fully saturated rings. The van der Waals surface area contributed by atoms with E-state index in [9.17, 15) is 0 Å². The highest BCUT2D eigenvalue weighted by atomic mass is 32.1. The van der Waals surface area contributed by atoms with Gasteiger partial charge in [-0.25, -0.2) is 4.98 Å². The summed E-state index contributed by atoms with van der Waals surface area (Å²) in [6.07, 6.45) is 4.06. The van der Waals surface area contributed by atoms with Gasteiger partial charge in [-0.2, -0.15) is 0 Å². The monoisotopic (exact) mass is 266 g/mol. The highest BCUT2D eigenvalue weighted by Crippen LogP contribution is 2.39. The molecule has 2 nitrogen and oxygen atoms in total. The summed E-state index contributed by atoms with van der Waals surface area (Å²) in [5.41, 5.74) is 1.27. The Labute approximate surface area is 115 Å². The van der Waals surface area contributed by atoms with E-state index in [1.165, 1.54) is 30.0 Å². The molecule has 0 spiro atoms. The molecule has 0 amide bonds. The third kappa shape index (κ3) is 3.12. The maximum absolute atomic E-state index is 4.70. The van der Waals surface area contributed by atoms with Crippen LogP contribution < -0.4 is 5.32 Å². The van der Waals surface area contributed by atoms with Gasteiger partial charge in [0.1, 0.15) is 0 Å². The molecular weight excluding hydrogens is 240 g/mol. The Kier molecular flexibility index (Phi) is 4.79. The van der Waals surface area contributed by atoms with Crippen molar-refractivity contribution in [2.75, 3.05) is 6.54 Å². The van der Waals surface area contributed by atoms with Crippen LogP contribution in [0.4, 0.5) is 0 Å². The number of hydrogen-bond donors (Lipinski definition) is 1. The summed E-state index contributed by atoms with van der Waals surface area (Å²) >= 11 is 1.77. The standard InChI is InChI=1S/C15H26N2S/c1-5-16-15(14-9-18-12(4)17-14)13-7-6-10(2)11(3)8-13/h9-11,13,15-16H,5-8H2,1-4H3. The van der Waals surface area contributed by atoms with E-state index >= 15 is 0 Å². The summed E-state index contributed by atoms with van der Waals surface area (Å²) in [4.78, 5) is 4.70. The number of aryl methyl sites for hydroxylation is 1. The fourth-order valence-corrected chi connectivity index (χ4v) is 3.80. The maximum Gasteiger partial charge on any atom is 0.0898 e. The summed E-state index contributed by atoms with van der Waals surface area (Å²) < 4.78 is 0. The minimum absolute atomic E-state index is 0.468. The Hall–Kier alpha value is -0.410. The Morgan fingerprint density at radius 2 is 2.17 bits per heavy atom. The minimum atomic E-state index is 0.468. The van der Waals surface area contributed by atoms with Gasteiger partial charge in [-0.05, 0) is 44.1 Å². The fourth-order valence-electron chi connectivity index (χ4n) is 3.15. The number of rotatable bonds is 4. The molecule has 0 bridgehead atoms. The molecule has 1 N–H and O–H groups in total. The zero-order valence-corrected chi connectivity index (χ0v) is 12.9. The number of nitrogens with zero attached hydrogens (tertiary/aromatic N) is 1. The van der Waals surface area contributed by atoms with Crippen LogP contribution in [0.1, 0.15) is 56.8 Å². The smallest absolute Gasteiger partial charge is 0.0898 e. The maximum atomic E-state index is 4.70. The molecule has 1 heterocycles. The molecule has 0 aromatic carbocycles. The van der Waals surface area contributed by atoms with E-state index in [-0.39, 0.29) is 0 Å². The van der Waals surface area contributed by atoms with Gasteiger partial charge in [0.05, 0.1) is 16.7 Å². The lowest BCUT2D eigenvalue weighted by molar-refractivity contribution is 0.170. The highest BCUT2D eigenvalue weighted by molar-refractivity contribution is 7.09. The Morgan fingerprint density at radius 3 is 2.72 bits per heavy atom. The van der Waals surface area contributed by atoms with Crippen LogP contribution >= 0.6 is 11.3 Å². The summed E-state index contributed by atoms with van der Waals surface area (Å²) in [5, 5.41) is 7.09. The summed E-state index contributed by atoms with van der Waals surface area (Å²) in [7, 11) is 0. The van der Waals surface area contributed by atoms with Crippen molar-refractivity contribution in [1.29, 1.82) is 0 Å². The van der Waals surface area contributed by atoms with Gasteiger partial charge in [0.25, 0.3) is 0 Å². The Morgan fingerprint density at radius 1 is 1.39 bits per heavy atom. The van der Waals surface area contributed by atoms with Crippen molar-refractivity contribution >= 4 is 11.3 Å². The van der Waals surface area contributed by atoms with Crippen molar-refractivity contribution < 1.29 is 0 Å². The third-order valence-corrected chi connectivity index (χ3v) is 5.28. The first kappa shape index (κ1) is 14.0. The first-order valence-corrected chi connectivity index (χ1v) is 8.15. The van der Waals surface area contributed by atoms with Crippen molar-refractivity contribution in [2.45, 2.75) is 53.0 Å². The summed E-state index contributed by atoms with van der Waals surface area (Å²) in [6, 6.07) is 0.468. The van der Waals surface area contributed by atoms with Crippen LogP contribution in [0.15, 0.2) is 5.38 Å².